The number of urea groups is 1. The van der Waals surface area contributed by atoms with E-state index in [0.29, 0.717) is 24.5 Å². The number of anilines is 1. The topological polar surface area (TPSA) is 155 Å². The first-order valence-corrected chi connectivity index (χ1v) is 17.7. The number of aryl methyl sites for hydroxylation is 1. The molecule has 51 heavy (non-hydrogen) atoms. The molecule has 0 radical (unpaired) electrons. The molecule has 2 aliphatic carbocycles. The largest absolute Gasteiger partial charge is 0.364 e. The van der Waals surface area contributed by atoms with Gasteiger partial charge in [0.2, 0.25) is 17.7 Å². The minimum Gasteiger partial charge on any atom is -0.364 e. The van der Waals surface area contributed by atoms with Crippen LogP contribution in [-0.4, -0.2) is 87.5 Å². The van der Waals surface area contributed by atoms with Gasteiger partial charge in [-0.15, -0.1) is 0 Å². The lowest BCUT2D eigenvalue weighted by atomic mass is 9.76. The average molecular weight is 705 g/mol. The van der Waals surface area contributed by atoms with Gasteiger partial charge in [0, 0.05) is 70.8 Å². The second kappa shape index (κ2) is 15.6. The highest BCUT2D eigenvalue weighted by Gasteiger charge is 2.41. The number of aromatic nitrogens is 2. The van der Waals surface area contributed by atoms with Crippen LogP contribution in [0.1, 0.15) is 71.8 Å². The number of amides is 5. The molecule has 2 heterocycles. The maximum absolute atomic E-state index is 14.0. The number of benzene rings is 2. The standard InChI is InChI=1S/C37H46F2N8O4/c1-45-31(33(40)48)22-29(44-45)32(26-13-15-37(38,39)16-14-26)34(49)41-27-9-7-24(8-10-27)21-30(43-36(51)42-28-11-12-28)35(50)47-19-17-46(18-20-47)23-25-5-3-2-4-6-25/h2-10,22,26,28,30,32H,11-21,23H2,1H3,(H2,40,48)(H,41,49)(H2,42,43,51)/t30-,32+/m1/s1. The van der Waals surface area contributed by atoms with Crippen LogP contribution >= 0.6 is 0 Å². The van der Waals surface area contributed by atoms with E-state index in [4.69, 9.17) is 5.73 Å². The number of hydrogen-bond acceptors (Lipinski definition) is 6. The molecular weight excluding hydrogens is 658 g/mol. The molecule has 1 saturated heterocycles. The van der Waals surface area contributed by atoms with Crippen molar-refractivity contribution in [2.24, 2.45) is 18.7 Å². The highest BCUT2D eigenvalue weighted by Crippen LogP contribution is 2.42. The number of carbonyl (C=O) groups excluding carboxylic acids is 4. The molecule has 1 aliphatic heterocycles. The van der Waals surface area contributed by atoms with Crippen LogP contribution in [-0.2, 0) is 29.6 Å². The van der Waals surface area contributed by atoms with Crippen molar-refractivity contribution in [3.63, 3.8) is 0 Å². The van der Waals surface area contributed by atoms with E-state index >= 15 is 0 Å². The minimum absolute atomic E-state index is 0.117. The Labute approximate surface area is 296 Å². The summed E-state index contributed by atoms with van der Waals surface area (Å²) in [6.07, 6.45) is 1.69. The first kappa shape index (κ1) is 36.0. The Kier molecular flexibility index (Phi) is 11.0. The summed E-state index contributed by atoms with van der Waals surface area (Å²) < 4.78 is 29.4. The number of primary amides is 1. The van der Waals surface area contributed by atoms with Crippen LogP contribution < -0.4 is 21.7 Å². The third kappa shape index (κ3) is 9.48. The minimum atomic E-state index is -2.78. The summed E-state index contributed by atoms with van der Waals surface area (Å²) in [7, 11) is 1.54. The molecule has 0 spiro atoms. The van der Waals surface area contributed by atoms with Gasteiger partial charge in [-0.1, -0.05) is 42.5 Å². The number of hydrogen-bond donors (Lipinski definition) is 4. The van der Waals surface area contributed by atoms with Gasteiger partial charge >= 0.3 is 6.03 Å². The third-order valence-electron chi connectivity index (χ3n) is 10.1. The fourth-order valence-electron chi connectivity index (χ4n) is 7.04. The molecule has 5 N–H and O–H groups in total. The van der Waals surface area contributed by atoms with Gasteiger partial charge in [0.15, 0.2) is 0 Å². The second-order valence-corrected chi connectivity index (χ2v) is 14.0. The van der Waals surface area contributed by atoms with Crippen LogP contribution in [0.3, 0.4) is 0 Å². The van der Waals surface area contributed by atoms with Crippen LogP contribution in [0.4, 0.5) is 19.3 Å². The number of nitrogens with zero attached hydrogens (tertiary/aromatic N) is 4. The Hall–Kier alpha value is -4.85. The zero-order valence-electron chi connectivity index (χ0n) is 28.8. The van der Waals surface area contributed by atoms with E-state index < -0.39 is 35.6 Å². The van der Waals surface area contributed by atoms with E-state index in [9.17, 15) is 28.0 Å². The van der Waals surface area contributed by atoms with Crippen molar-refractivity contribution in [3.8, 4) is 0 Å². The number of nitrogens with two attached hydrogens (primary N) is 1. The lowest BCUT2D eigenvalue weighted by Crippen LogP contribution is -2.56. The molecule has 5 amide bonds. The lowest BCUT2D eigenvalue weighted by Gasteiger charge is -2.36. The summed E-state index contributed by atoms with van der Waals surface area (Å²) in [5, 5.41) is 13.1. The van der Waals surface area contributed by atoms with E-state index in [2.05, 4.69) is 38.1 Å². The first-order valence-electron chi connectivity index (χ1n) is 17.7. The normalized spacial score (nSPS) is 19.2. The van der Waals surface area contributed by atoms with Crippen molar-refractivity contribution in [2.75, 3.05) is 31.5 Å². The molecule has 2 atom stereocenters. The van der Waals surface area contributed by atoms with E-state index in [1.165, 1.54) is 16.3 Å². The molecule has 3 fully saturated rings. The quantitative estimate of drug-likeness (QED) is 0.225. The van der Waals surface area contributed by atoms with Crippen molar-refractivity contribution in [1.29, 1.82) is 0 Å². The van der Waals surface area contributed by atoms with Crippen LogP contribution in [0.15, 0.2) is 60.7 Å². The lowest BCUT2D eigenvalue weighted by molar-refractivity contribution is -0.135. The highest BCUT2D eigenvalue weighted by atomic mass is 19.3. The summed E-state index contributed by atoms with van der Waals surface area (Å²) >= 11 is 0. The van der Waals surface area contributed by atoms with E-state index in [-0.39, 0.29) is 55.8 Å². The second-order valence-electron chi connectivity index (χ2n) is 14.0. The Morgan fingerprint density at radius 2 is 1.59 bits per heavy atom. The molecule has 2 aromatic carbocycles. The molecular formula is C37H46F2N8O4. The molecule has 14 heteroatoms. The van der Waals surface area contributed by atoms with E-state index in [0.717, 1.165) is 38.0 Å². The Morgan fingerprint density at radius 1 is 0.922 bits per heavy atom. The molecule has 2 saturated carbocycles. The van der Waals surface area contributed by atoms with Gasteiger partial charge < -0.3 is 26.6 Å². The predicted octanol–water partition coefficient (Wildman–Crippen LogP) is 3.78. The maximum atomic E-state index is 14.0. The van der Waals surface area contributed by atoms with E-state index in [1.807, 2.05) is 18.2 Å². The summed E-state index contributed by atoms with van der Waals surface area (Å²) in [5.74, 6) is -5.33. The summed E-state index contributed by atoms with van der Waals surface area (Å²) in [5.41, 5.74) is 8.37. The first-order chi connectivity index (χ1) is 24.4. The van der Waals surface area contributed by atoms with Gasteiger partial charge in [0.1, 0.15) is 11.7 Å². The van der Waals surface area contributed by atoms with Crippen molar-refractivity contribution >= 4 is 29.4 Å². The fourth-order valence-corrected chi connectivity index (χ4v) is 7.04. The zero-order chi connectivity index (χ0) is 36.1. The SMILES string of the molecule is Cn1nc([C@@H](C(=O)Nc2ccc(C[C@@H](NC(=O)NC3CC3)C(=O)N3CCN(Cc4ccccc4)CC3)cc2)C2CCC(F)(F)CC2)cc1C(N)=O. The number of rotatable bonds is 12. The van der Waals surface area contributed by atoms with Gasteiger partial charge in [-0.3, -0.25) is 24.0 Å². The van der Waals surface area contributed by atoms with Crippen LogP contribution in [0, 0.1) is 5.92 Å². The highest BCUT2D eigenvalue weighted by molar-refractivity contribution is 5.97. The van der Waals surface area contributed by atoms with Gasteiger partial charge in [-0.25, -0.2) is 13.6 Å². The molecule has 272 valence electrons. The molecule has 3 aliphatic rings. The third-order valence-corrected chi connectivity index (χ3v) is 10.1. The Morgan fingerprint density at radius 3 is 2.20 bits per heavy atom. The summed E-state index contributed by atoms with van der Waals surface area (Å²) in [4.78, 5) is 56.4. The van der Waals surface area contributed by atoms with E-state index in [1.54, 1.807) is 36.2 Å². The average Bonchev–Trinajstić information content (AvgIpc) is 3.84. The molecule has 3 aromatic rings. The van der Waals surface area contributed by atoms with Gasteiger partial charge in [0.25, 0.3) is 5.91 Å². The zero-order valence-corrected chi connectivity index (χ0v) is 28.8. The van der Waals surface area contributed by atoms with Gasteiger partial charge in [0.05, 0.1) is 11.6 Å². The Bertz CT molecular complexity index is 1690. The maximum Gasteiger partial charge on any atom is 0.315 e. The number of piperazine rings is 1. The van der Waals surface area contributed by atoms with Crippen molar-refractivity contribution in [3.05, 3.63) is 83.2 Å². The van der Waals surface area contributed by atoms with Crippen LogP contribution in [0.5, 0.6) is 0 Å². The molecule has 1 aromatic heterocycles. The fraction of sp³-hybridized carbons (Fsp3) is 0.486. The van der Waals surface area contributed by atoms with Gasteiger partial charge in [-0.05, 0) is 60.9 Å². The smallest absolute Gasteiger partial charge is 0.315 e. The predicted molar refractivity (Wildman–Crippen MR) is 187 cm³/mol. The Balaban J connectivity index is 1.12. The van der Waals surface area contributed by atoms with Gasteiger partial charge in [-0.2, -0.15) is 5.10 Å². The van der Waals surface area contributed by atoms with Crippen molar-refractivity contribution in [2.45, 2.75) is 75.4 Å². The van der Waals surface area contributed by atoms with Crippen molar-refractivity contribution in [1.82, 2.24) is 30.2 Å². The van der Waals surface area contributed by atoms with Crippen LogP contribution in [0.2, 0.25) is 0 Å². The summed E-state index contributed by atoms with van der Waals surface area (Å²) in [6, 6.07) is 17.6. The summed E-state index contributed by atoms with van der Waals surface area (Å²) in [6.45, 7) is 3.36. The number of carbonyl (C=O) groups is 4. The van der Waals surface area contributed by atoms with Crippen molar-refractivity contribution < 1.29 is 28.0 Å². The van der Waals surface area contributed by atoms with Crippen LogP contribution in [0.25, 0.3) is 0 Å². The molecule has 0 bridgehead atoms. The molecule has 0 unspecified atom stereocenters. The number of nitrogens with one attached hydrogen (secondary N) is 3. The monoisotopic (exact) mass is 704 g/mol. The number of halogens is 2. The number of alkyl halides is 2. The molecule has 12 nitrogen and oxygen atoms in total. The molecule has 6 rings (SSSR count).